The third kappa shape index (κ3) is 3.86. The number of carbonyl (C=O) groups is 1. The van der Waals surface area contributed by atoms with E-state index in [9.17, 15) is 13.2 Å². The van der Waals surface area contributed by atoms with Crippen molar-refractivity contribution in [1.29, 1.82) is 0 Å². The summed E-state index contributed by atoms with van der Waals surface area (Å²) in [7, 11) is -3.91. The normalized spacial score (nSPS) is 15.9. The fourth-order valence-corrected chi connectivity index (χ4v) is 7.69. The average molecular weight is 491 g/mol. The molecule has 7 heteroatoms. The van der Waals surface area contributed by atoms with Crippen molar-refractivity contribution in [3.63, 3.8) is 0 Å². The molecule has 4 nitrogen and oxygen atoms in total. The molecule has 1 aliphatic heterocycles. The minimum absolute atomic E-state index is 0.00648. The summed E-state index contributed by atoms with van der Waals surface area (Å²) in [4.78, 5) is 13.2. The summed E-state index contributed by atoms with van der Waals surface area (Å²) in [5.74, 6) is -0.142. The molecule has 3 aromatic carbocycles. The molecule has 0 saturated heterocycles. The van der Waals surface area contributed by atoms with E-state index < -0.39 is 22.0 Å². The first-order chi connectivity index (χ1) is 14.0. The summed E-state index contributed by atoms with van der Waals surface area (Å²) < 4.78 is 28.7. The summed E-state index contributed by atoms with van der Waals surface area (Å²) in [6.45, 7) is 0. The van der Waals surface area contributed by atoms with Crippen LogP contribution >= 0.6 is 11.6 Å². The van der Waals surface area contributed by atoms with Crippen molar-refractivity contribution in [2.75, 3.05) is 0 Å². The number of benzene rings is 3. The molecule has 0 radical (unpaired) electrons. The van der Waals surface area contributed by atoms with E-state index in [1.165, 1.54) is 6.07 Å². The van der Waals surface area contributed by atoms with Gasteiger partial charge in [0.05, 0.1) is 0 Å². The summed E-state index contributed by atoms with van der Waals surface area (Å²) >= 11 is 5.99. The van der Waals surface area contributed by atoms with Crippen LogP contribution in [0.4, 0.5) is 0 Å². The summed E-state index contributed by atoms with van der Waals surface area (Å²) in [5, 5.41) is 0.543. The second-order valence-corrected chi connectivity index (χ2v) is 11.0. The molecule has 0 bridgehead atoms. The molecule has 1 amide bonds. The molecule has 1 aliphatic rings. The number of nitrogens with zero attached hydrogens (tertiary/aromatic N) is 1. The van der Waals surface area contributed by atoms with Gasteiger partial charge in [0.15, 0.2) is 0 Å². The van der Waals surface area contributed by atoms with Gasteiger partial charge >= 0.3 is 182 Å². The van der Waals surface area contributed by atoms with Gasteiger partial charge in [0, 0.05) is 0 Å². The minimum atomic E-state index is -3.91. The number of alkyl halides is 1. The van der Waals surface area contributed by atoms with E-state index in [-0.39, 0.29) is 25.4 Å². The molecular weight excluding hydrogens is 473 g/mol. The van der Waals surface area contributed by atoms with Gasteiger partial charge in [-0.1, -0.05) is 0 Å². The number of sulfonamides is 1. The zero-order valence-electron chi connectivity index (χ0n) is 15.4. The molecule has 1 unspecified atom stereocenters. The summed E-state index contributed by atoms with van der Waals surface area (Å²) in [6, 6.07) is 23.3. The van der Waals surface area contributed by atoms with Crippen molar-refractivity contribution in [2.45, 2.75) is 22.1 Å². The van der Waals surface area contributed by atoms with Crippen molar-refractivity contribution in [3.8, 4) is 0 Å². The van der Waals surface area contributed by atoms with E-state index in [1.807, 2.05) is 54.6 Å². The topological polar surface area (TPSA) is 54.5 Å². The molecule has 4 rings (SSSR count). The average Bonchev–Trinajstić information content (AvgIpc) is 2.96. The Morgan fingerprint density at radius 2 is 1.66 bits per heavy atom. The van der Waals surface area contributed by atoms with E-state index in [0.717, 1.165) is 19.9 Å². The van der Waals surface area contributed by atoms with Gasteiger partial charge in [-0.3, -0.25) is 0 Å². The van der Waals surface area contributed by atoms with Crippen molar-refractivity contribution in [2.24, 2.45) is 0 Å². The molecule has 0 aromatic heterocycles. The third-order valence-electron chi connectivity index (χ3n) is 4.78. The first kappa shape index (κ1) is 20.2. The van der Waals surface area contributed by atoms with Gasteiger partial charge in [0.25, 0.3) is 0 Å². The van der Waals surface area contributed by atoms with Crippen LogP contribution in [0, 0.1) is 0 Å². The number of fused-ring (bicyclic) bond motifs is 1. The quantitative estimate of drug-likeness (QED) is 0.390. The molecule has 29 heavy (non-hydrogen) atoms. The predicted molar refractivity (Wildman–Crippen MR) is 115 cm³/mol. The van der Waals surface area contributed by atoms with Crippen molar-refractivity contribution in [3.05, 3.63) is 95.6 Å². The van der Waals surface area contributed by atoms with Gasteiger partial charge in [-0.05, 0) is 0 Å². The Bertz CT molecular complexity index is 1150. The Kier molecular flexibility index (Phi) is 5.79. The molecule has 0 spiro atoms. The van der Waals surface area contributed by atoms with Crippen LogP contribution in [-0.2, 0) is 15.9 Å². The third-order valence-corrected chi connectivity index (χ3v) is 9.22. The molecular formula is C22H18ClNO3SSe. The molecule has 0 saturated carbocycles. The van der Waals surface area contributed by atoms with Gasteiger partial charge in [0.1, 0.15) is 0 Å². The van der Waals surface area contributed by atoms with Crippen LogP contribution < -0.4 is 4.46 Å². The first-order valence-corrected chi connectivity index (χ1v) is 13.1. The Balaban J connectivity index is 1.77. The fourth-order valence-electron chi connectivity index (χ4n) is 3.39. The number of hydrogen-bond donors (Lipinski definition) is 0. The van der Waals surface area contributed by atoms with Crippen LogP contribution in [0.3, 0.4) is 0 Å². The Morgan fingerprint density at radius 3 is 2.38 bits per heavy atom. The molecule has 3 aromatic rings. The second-order valence-electron chi connectivity index (χ2n) is 6.62. The number of rotatable bonds is 6. The maximum atomic E-state index is 13.3. The van der Waals surface area contributed by atoms with Crippen LogP contribution in [-0.4, -0.2) is 33.6 Å². The number of hydrogen-bond acceptors (Lipinski definition) is 3. The Morgan fingerprint density at radius 1 is 0.931 bits per heavy atom. The first-order valence-electron chi connectivity index (χ1n) is 9.03. The number of amides is 1. The SMILES string of the molecule is O=C1c2ccccc2S(=O)(=O)N1C(C[Se]c1ccccc1)c1cccc(CCl)c1. The van der Waals surface area contributed by atoms with E-state index in [1.54, 1.807) is 18.2 Å². The monoisotopic (exact) mass is 491 g/mol. The van der Waals surface area contributed by atoms with E-state index in [0.29, 0.717) is 11.2 Å². The van der Waals surface area contributed by atoms with Crippen molar-refractivity contribution < 1.29 is 13.2 Å². The molecule has 148 valence electrons. The molecule has 0 aliphatic carbocycles. The van der Waals surface area contributed by atoms with E-state index in [2.05, 4.69) is 0 Å². The second kappa shape index (κ2) is 8.33. The zero-order chi connectivity index (χ0) is 20.4. The van der Waals surface area contributed by atoms with Crippen LogP contribution in [0.5, 0.6) is 0 Å². The molecule has 0 N–H and O–H groups in total. The molecule has 1 heterocycles. The standard InChI is InChI=1S/C22H18ClNO3SSe/c23-14-16-7-6-8-17(13-16)20(15-29-18-9-2-1-3-10-18)24-22(25)19-11-4-5-12-21(19)28(24,26)27/h1-13,20H,14-15H2. The van der Waals surface area contributed by atoms with Crippen LogP contribution in [0.1, 0.15) is 27.5 Å². The predicted octanol–water partition coefficient (Wildman–Crippen LogP) is 3.76. The van der Waals surface area contributed by atoms with E-state index in [4.69, 9.17) is 11.6 Å². The molecule has 1 atom stereocenters. The number of carbonyl (C=O) groups excluding carboxylic acids is 1. The van der Waals surface area contributed by atoms with Crippen LogP contribution in [0.25, 0.3) is 0 Å². The summed E-state index contributed by atoms with van der Waals surface area (Å²) in [5.41, 5.74) is 1.91. The van der Waals surface area contributed by atoms with Gasteiger partial charge in [-0.15, -0.1) is 0 Å². The maximum absolute atomic E-state index is 13.3. The van der Waals surface area contributed by atoms with Gasteiger partial charge in [0.2, 0.25) is 0 Å². The Hall–Kier alpha value is -2.11. The van der Waals surface area contributed by atoms with Gasteiger partial charge in [-0.25, -0.2) is 0 Å². The summed E-state index contributed by atoms with van der Waals surface area (Å²) in [6.07, 6.45) is 0. The van der Waals surface area contributed by atoms with Crippen molar-refractivity contribution in [1.82, 2.24) is 4.31 Å². The van der Waals surface area contributed by atoms with E-state index >= 15 is 0 Å². The van der Waals surface area contributed by atoms with Gasteiger partial charge in [-0.2, -0.15) is 0 Å². The zero-order valence-corrected chi connectivity index (χ0v) is 18.6. The van der Waals surface area contributed by atoms with Gasteiger partial charge < -0.3 is 0 Å². The van der Waals surface area contributed by atoms with Crippen molar-refractivity contribution >= 4 is 47.0 Å². The van der Waals surface area contributed by atoms with Crippen LogP contribution in [0.2, 0.25) is 5.32 Å². The molecule has 0 fully saturated rings. The fraction of sp³-hybridized carbons (Fsp3) is 0.136. The van der Waals surface area contributed by atoms with Crippen LogP contribution in [0.15, 0.2) is 83.8 Å². The Labute approximate surface area is 181 Å². The number of halogens is 1.